The van der Waals surface area contributed by atoms with Crippen molar-refractivity contribution < 1.29 is 19.4 Å². The number of carbonyl (C=O) groups excluding carboxylic acids is 1. The molecule has 5 heteroatoms. The first-order chi connectivity index (χ1) is 17.8. The molecule has 1 amide bonds. The molecule has 0 radical (unpaired) electrons. The zero-order valence-corrected chi connectivity index (χ0v) is 23.7. The van der Waals surface area contributed by atoms with Gasteiger partial charge in [0.05, 0.1) is 6.42 Å². The van der Waals surface area contributed by atoms with Crippen LogP contribution in [0.5, 0.6) is 5.75 Å². The zero-order valence-electron chi connectivity index (χ0n) is 23.7. The fraction of sp³-hybridized carbons (Fsp3) is 0.394. The molecule has 0 aliphatic carbocycles. The number of carboxylic acid groups (broad SMARTS) is 1. The average Bonchev–Trinajstić information content (AvgIpc) is 2.82. The number of nitrogens with one attached hydrogen (secondary N) is 1. The summed E-state index contributed by atoms with van der Waals surface area (Å²) in [6.45, 7) is 15.3. The van der Waals surface area contributed by atoms with Gasteiger partial charge in [-0.2, -0.15) is 0 Å². The monoisotopic (exact) mass is 515 g/mol. The van der Waals surface area contributed by atoms with Gasteiger partial charge in [0.25, 0.3) is 5.91 Å². The van der Waals surface area contributed by atoms with Crippen molar-refractivity contribution in [2.75, 3.05) is 6.54 Å². The van der Waals surface area contributed by atoms with Gasteiger partial charge in [0.2, 0.25) is 0 Å². The highest BCUT2D eigenvalue weighted by atomic mass is 16.5. The first-order valence-corrected chi connectivity index (χ1v) is 13.3. The van der Waals surface area contributed by atoms with Crippen molar-refractivity contribution in [2.45, 2.75) is 73.3 Å². The lowest BCUT2D eigenvalue weighted by atomic mass is 9.86. The van der Waals surface area contributed by atoms with Crippen LogP contribution in [-0.4, -0.2) is 23.5 Å². The van der Waals surface area contributed by atoms with E-state index in [0.29, 0.717) is 11.5 Å². The fourth-order valence-corrected chi connectivity index (χ4v) is 4.66. The summed E-state index contributed by atoms with van der Waals surface area (Å²) in [7, 11) is 0. The van der Waals surface area contributed by atoms with Crippen LogP contribution in [0.3, 0.4) is 0 Å². The number of carbonyl (C=O) groups is 2. The van der Waals surface area contributed by atoms with E-state index in [0.717, 1.165) is 17.7 Å². The van der Waals surface area contributed by atoms with Gasteiger partial charge < -0.3 is 15.2 Å². The number of hydrogen-bond donors (Lipinski definition) is 2. The van der Waals surface area contributed by atoms with Gasteiger partial charge in [0, 0.05) is 12.1 Å². The van der Waals surface area contributed by atoms with Gasteiger partial charge in [0.15, 0.2) is 0 Å². The SMILES string of the molecule is Cc1cc(OC(CC(C)(C)C)c2ccc(C(=O)NCCC(=O)O)cc2)cc(C)c1-c1ccc(C(C)C)cc1. The van der Waals surface area contributed by atoms with Crippen molar-refractivity contribution in [1.82, 2.24) is 5.32 Å². The van der Waals surface area contributed by atoms with E-state index in [9.17, 15) is 9.59 Å². The third kappa shape index (κ3) is 7.95. The summed E-state index contributed by atoms with van der Waals surface area (Å²) in [6.07, 6.45) is 0.508. The van der Waals surface area contributed by atoms with E-state index in [1.165, 1.54) is 27.8 Å². The standard InChI is InChI=1S/C33H41NO4/c1-21(2)24-8-12-26(13-9-24)31-22(3)18-28(19-23(31)4)38-29(20-33(5,6)7)25-10-14-27(15-11-25)32(37)34-17-16-30(35)36/h8-15,18-19,21,29H,16-17,20H2,1-7H3,(H,34,37)(H,35,36). The summed E-state index contributed by atoms with van der Waals surface area (Å²) in [4.78, 5) is 23.1. The van der Waals surface area contributed by atoms with Gasteiger partial charge in [0.1, 0.15) is 11.9 Å². The summed E-state index contributed by atoms with van der Waals surface area (Å²) in [6, 6.07) is 20.4. The molecule has 0 spiro atoms. The lowest BCUT2D eigenvalue weighted by Crippen LogP contribution is -2.26. The van der Waals surface area contributed by atoms with Crippen LogP contribution < -0.4 is 10.1 Å². The second-order valence-corrected chi connectivity index (χ2v) is 11.6. The van der Waals surface area contributed by atoms with E-state index < -0.39 is 5.97 Å². The predicted molar refractivity (Wildman–Crippen MR) is 154 cm³/mol. The van der Waals surface area contributed by atoms with Crippen LogP contribution in [0.4, 0.5) is 0 Å². The molecule has 1 atom stereocenters. The van der Waals surface area contributed by atoms with Crippen molar-refractivity contribution in [1.29, 1.82) is 0 Å². The van der Waals surface area contributed by atoms with Gasteiger partial charge in [-0.3, -0.25) is 9.59 Å². The first kappa shape index (κ1) is 29.0. The molecule has 1 unspecified atom stereocenters. The maximum atomic E-state index is 12.4. The molecular weight excluding hydrogens is 474 g/mol. The van der Waals surface area contributed by atoms with Crippen LogP contribution in [0.2, 0.25) is 0 Å². The van der Waals surface area contributed by atoms with Gasteiger partial charge in [-0.05, 0) is 89.2 Å². The molecule has 0 saturated carbocycles. The molecule has 3 aromatic rings. The van der Waals surface area contributed by atoms with Crippen molar-refractivity contribution >= 4 is 11.9 Å². The molecule has 0 aromatic heterocycles. The highest BCUT2D eigenvalue weighted by Gasteiger charge is 2.23. The van der Waals surface area contributed by atoms with Crippen molar-refractivity contribution in [3.63, 3.8) is 0 Å². The Hall–Kier alpha value is -3.60. The van der Waals surface area contributed by atoms with Crippen LogP contribution in [0.25, 0.3) is 11.1 Å². The summed E-state index contributed by atoms with van der Waals surface area (Å²) in [5.41, 5.74) is 7.62. The average molecular weight is 516 g/mol. The minimum Gasteiger partial charge on any atom is -0.486 e. The van der Waals surface area contributed by atoms with Crippen LogP contribution in [0.1, 0.15) is 92.1 Å². The summed E-state index contributed by atoms with van der Waals surface area (Å²) >= 11 is 0. The Morgan fingerprint density at radius 1 is 0.895 bits per heavy atom. The van der Waals surface area contributed by atoms with E-state index in [1.807, 2.05) is 12.1 Å². The number of ether oxygens (including phenoxy) is 1. The van der Waals surface area contributed by atoms with Crippen LogP contribution >= 0.6 is 0 Å². The number of hydrogen-bond acceptors (Lipinski definition) is 3. The number of carboxylic acids is 1. The number of benzene rings is 3. The highest BCUT2D eigenvalue weighted by molar-refractivity contribution is 5.94. The Morgan fingerprint density at radius 3 is 1.95 bits per heavy atom. The lowest BCUT2D eigenvalue weighted by molar-refractivity contribution is -0.136. The van der Waals surface area contributed by atoms with E-state index in [-0.39, 0.29) is 30.4 Å². The molecule has 38 heavy (non-hydrogen) atoms. The van der Waals surface area contributed by atoms with Gasteiger partial charge >= 0.3 is 5.97 Å². The van der Waals surface area contributed by atoms with E-state index in [4.69, 9.17) is 9.84 Å². The number of rotatable bonds is 10. The molecule has 0 aliphatic heterocycles. The summed E-state index contributed by atoms with van der Waals surface area (Å²) < 4.78 is 6.61. The van der Waals surface area contributed by atoms with Crippen LogP contribution in [-0.2, 0) is 4.79 Å². The van der Waals surface area contributed by atoms with Crippen molar-refractivity contribution in [3.05, 3.63) is 88.5 Å². The zero-order chi connectivity index (χ0) is 28.0. The molecule has 5 nitrogen and oxygen atoms in total. The van der Waals surface area contributed by atoms with Gasteiger partial charge in [-0.1, -0.05) is 71.0 Å². The van der Waals surface area contributed by atoms with E-state index in [1.54, 1.807) is 12.1 Å². The maximum Gasteiger partial charge on any atom is 0.305 e. The van der Waals surface area contributed by atoms with E-state index in [2.05, 4.69) is 90.2 Å². The minimum absolute atomic E-state index is 0.0275. The third-order valence-electron chi connectivity index (χ3n) is 6.62. The maximum absolute atomic E-state index is 12.4. The Kier molecular flexibility index (Phi) is 9.37. The van der Waals surface area contributed by atoms with Crippen molar-refractivity contribution in [3.8, 4) is 16.9 Å². The molecule has 0 fully saturated rings. The number of aliphatic carboxylic acids is 1. The summed E-state index contributed by atoms with van der Waals surface area (Å²) in [5, 5.41) is 11.4. The molecule has 2 N–H and O–H groups in total. The first-order valence-electron chi connectivity index (χ1n) is 13.3. The van der Waals surface area contributed by atoms with Crippen LogP contribution in [0, 0.1) is 19.3 Å². The van der Waals surface area contributed by atoms with Crippen LogP contribution in [0.15, 0.2) is 60.7 Å². The van der Waals surface area contributed by atoms with Gasteiger partial charge in [-0.15, -0.1) is 0 Å². The highest BCUT2D eigenvalue weighted by Crippen LogP contribution is 2.37. The predicted octanol–water partition coefficient (Wildman–Crippen LogP) is 7.85. The molecule has 0 bridgehead atoms. The molecular formula is C33H41NO4. The molecule has 0 saturated heterocycles. The quantitative estimate of drug-likeness (QED) is 0.288. The van der Waals surface area contributed by atoms with Crippen molar-refractivity contribution in [2.24, 2.45) is 5.41 Å². The molecule has 202 valence electrons. The smallest absolute Gasteiger partial charge is 0.305 e. The molecule has 3 rings (SSSR count). The molecule has 3 aromatic carbocycles. The lowest BCUT2D eigenvalue weighted by Gasteiger charge is -2.28. The topological polar surface area (TPSA) is 75.6 Å². The Balaban J connectivity index is 1.83. The normalized spacial score (nSPS) is 12.3. The Morgan fingerprint density at radius 2 is 1.45 bits per heavy atom. The third-order valence-corrected chi connectivity index (χ3v) is 6.62. The number of aryl methyl sites for hydroxylation is 2. The number of amides is 1. The Labute approximate surface area is 227 Å². The summed E-state index contributed by atoms with van der Waals surface area (Å²) in [5.74, 6) is 0.106. The second kappa shape index (κ2) is 12.3. The fourth-order valence-electron chi connectivity index (χ4n) is 4.66. The largest absolute Gasteiger partial charge is 0.486 e. The molecule has 0 heterocycles. The minimum atomic E-state index is -0.939. The molecule has 0 aliphatic rings. The Bertz CT molecular complexity index is 1230. The van der Waals surface area contributed by atoms with E-state index >= 15 is 0 Å². The van der Waals surface area contributed by atoms with Gasteiger partial charge in [-0.25, -0.2) is 0 Å². The second-order valence-electron chi connectivity index (χ2n) is 11.6.